The van der Waals surface area contributed by atoms with Gasteiger partial charge >= 0.3 is 0 Å². The largest absolute Gasteiger partial charge is 0.486 e. The molecular weight excluding hydrogens is 452 g/mol. The molecule has 3 aromatic carbocycles. The van der Waals surface area contributed by atoms with Crippen LogP contribution in [0.1, 0.15) is 34.3 Å². The summed E-state index contributed by atoms with van der Waals surface area (Å²) in [5.41, 5.74) is 3.01. The number of sulfonamides is 1. The third kappa shape index (κ3) is 4.87. The molecule has 1 aliphatic heterocycles. The van der Waals surface area contributed by atoms with Gasteiger partial charge in [-0.2, -0.15) is 0 Å². The normalized spacial score (nSPS) is 15.0. The number of rotatable bonds is 7. The molecule has 7 nitrogen and oxygen atoms in total. The van der Waals surface area contributed by atoms with Crippen LogP contribution in [-0.4, -0.2) is 38.5 Å². The molecule has 1 heterocycles. The fraction of sp³-hybridized carbons (Fsp3) is 0.269. The Labute approximate surface area is 199 Å². The number of anilines is 1. The quantitative estimate of drug-likeness (QED) is 0.545. The highest BCUT2D eigenvalue weighted by atomic mass is 32.2. The molecule has 34 heavy (non-hydrogen) atoms. The van der Waals surface area contributed by atoms with Gasteiger partial charge in [0.25, 0.3) is 15.9 Å². The predicted molar refractivity (Wildman–Crippen MR) is 129 cm³/mol. The molecular formula is C26H26N2O5S. The van der Waals surface area contributed by atoms with Gasteiger partial charge in [-0.1, -0.05) is 35.9 Å². The second-order valence-corrected chi connectivity index (χ2v) is 10.3. The van der Waals surface area contributed by atoms with Crippen LogP contribution in [0, 0.1) is 6.92 Å². The standard InChI is InChI=1S/C26H26N2O5S/c1-18-5-7-19(8-6-18)17-28(22-9-10-22)26(29)20-3-2-4-21(15-20)27-34(30,31)23-11-12-24-25(16-23)33-14-13-32-24/h2-8,11-12,15-16,22,27H,9-10,13-14,17H2,1H3. The molecule has 0 spiro atoms. The van der Waals surface area contributed by atoms with Crippen LogP contribution >= 0.6 is 0 Å². The zero-order valence-corrected chi connectivity index (χ0v) is 19.7. The summed E-state index contributed by atoms with van der Waals surface area (Å²) >= 11 is 0. The van der Waals surface area contributed by atoms with Crippen molar-refractivity contribution in [3.8, 4) is 11.5 Å². The molecule has 0 unspecified atom stereocenters. The van der Waals surface area contributed by atoms with Crippen LogP contribution in [0.15, 0.2) is 71.6 Å². The molecule has 1 N–H and O–H groups in total. The average Bonchev–Trinajstić information content (AvgIpc) is 3.68. The van der Waals surface area contributed by atoms with Gasteiger partial charge in [0.2, 0.25) is 0 Å². The smallest absolute Gasteiger partial charge is 0.262 e. The van der Waals surface area contributed by atoms with Crippen molar-refractivity contribution >= 4 is 21.6 Å². The van der Waals surface area contributed by atoms with Crippen molar-refractivity contribution in [1.29, 1.82) is 0 Å². The summed E-state index contributed by atoms with van der Waals surface area (Å²) < 4.78 is 39.5. The summed E-state index contributed by atoms with van der Waals surface area (Å²) in [5, 5.41) is 0. The summed E-state index contributed by atoms with van der Waals surface area (Å²) in [6.07, 6.45) is 1.96. The van der Waals surface area contributed by atoms with E-state index in [0.29, 0.717) is 42.5 Å². The molecule has 176 valence electrons. The monoisotopic (exact) mass is 478 g/mol. The van der Waals surface area contributed by atoms with Gasteiger partial charge in [-0.25, -0.2) is 8.42 Å². The number of ether oxygens (including phenoxy) is 2. The summed E-state index contributed by atoms with van der Waals surface area (Å²) in [6.45, 7) is 3.36. The van der Waals surface area contributed by atoms with Gasteiger partial charge in [0.1, 0.15) is 13.2 Å². The Hall–Kier alpha value is -3.52. The SMILES string of the molecule is Cc1ccc(CN(C(=O)c2cccc(NS(=O)(=O)c3ccc4c(c3)OCCO4)c2)C2CC2)cc1. The zero-order valence-electron chi connectivity index (χ0n) is 18.9. The molecule has 1 saturated carbocycles. The van der Waals surface area contributed by atoms with Crippen molar-refractivity contribution in [3.63, 3.8) is 0 Å². The molecule has 1 fully saturated rings. The number of benzene rings is 3. The number of hydrogen-bond acceptors (Lipinski definition) is 5. The number of nitrogens with one attached hydrogen (secondary N) is 1. The van der Waals surface area contributed by atoms with Crippen LogP contribution in [0.25, 0.3) is 0 Å². The Morgan fingerprint density at radius 3 is 2.44 bits per heavy atom. The third-order valence-corrected chi connectivity index (χ3v) is 7.29. The minimum Gasteiger partial charge on any atom is -0.486 e. The molecule has 0 atom stereocenters. The second-order valence-electron chi connectivity index (χ2n) is 8.64. The van der Waals surface area contributed by atoms with Crippen molar-refractivity contribution in [3.05, 3.63) is 83.4 Å². The number of amides is 1. The van der Waals surface area contributed by atoms with Crippen molar-refractivity contribution < 1.29 is 22.7 Å². The predicted octanol–water partition coefficient (Wildman–Crippen LogP) is 4.37. The fourth-order valence-corrected chi connectivity index (χ4v) is 4.99. The first kappa shape index (κ1) is 22.3. The van der Waals surface area contributed by atoms with Crippen LogP contribution in [0.4, 0.5) is 5.69 Å². The molecule has 1 amide bonds. The van der Waals surface area contributed by atoms with E-state index in [9.17, 15) is 13.2 Å². The van der Waals surface area contributed by atoms with E-state index in [1.807, 2.05) is 36.1 Å². The molecule has 3 aromatic rings. The van der Waals surface area contributed by atoms with Crippen molar-refractivity contribution in [2.75, 3.05) is 17.9 Å². The lowest BCUT2D eigenvalue weighted by Crippen LogP contribution is -2.32. The van der Waals surface area contributed by atoms with Crippen LogP contribution < -0.4 is 14.2 Å². The molecule has 0 aromatic heterocycles. The van der Waals surface area contributed by atoms with E-state index in [-0.39, 0.29) is 16.8 Å². The zero-order chi connectivity index (χ0) is 23.7. The molecule has 0 radical (unpaired) electrons. The van der Waals surface area contributed by atoms with Gasteiger partial charge < -0.3 is 14.4 Å². The maximum absolute atomic E-state index is 13.4. The van der Waals surface area contributed by atoms with Crippen molar-refractivity contribution in [1.82, 2.24) is 4.90 Å². The number of aryl methyl sites for hydroxylation is 1. The van der Waals surface area contributed by atoms with Gasteiger partial charge in [-0.05, 0) is 55.7 Å². The Morgan fingerprint density at radius 2 is 1.71 bits per heavy atom. The van der Waals surface area contributed by atoms with Crippen molar-refractivity contribution in [2.45, 2.75) is 37.2 Å². The Kier molecular flexibility index (Phi) is 5.91. The first-order valence-electron chi connectivity index (χ1n) is 11.3. The second kappa shape index (κ2) is 9.02. The molecule has 0 saturated heterocycles. The first-order valence-corrected chi connectivity index (χ1v) is 12.8. The van der Waals surface area contributed by atoms with Gasteiger partial charge in [0.05, 0.1) is 4.90 Å². The van der Waals surface area contributed by atoms with E-state index in [0.717, 1.165) is 18.4 Å². The minimum absolute atomic E-state index is 0.0625. The Morgan fingerprint density at radius 1 is 0.971 bits per heavy atom. The van der Waals surface area contributed by atoms with E-state index in [4.69, 9.17) is 9.47 Å². The van der Waals surface area contributed by atoms with E-state index in [2.05, 4.69) is 4.72 Å². The Bertz CT molecular complexity index is 1320. The highest BCUT2D eigenvalue weighted by molar-refractivity contribution is 7.92. The van der Waals surface area contributed by atoms with Gasteiger partial charge in [-0.15, -0.1) is 0 Å². The lowest BCUT2D eigenvalue weighted by Gasteiger charge is -2.23. The average molecular weight is 479 g/mol. The molecule has 1 aliphatic carbocycles. The summed E-state index contributed by atoms with van der Waals surface area (Å²) in [6, 6.07) is 19.5. The lowest BCUT2D eigenvalue weighted by molar-refractivity contribution is 0.0730. The van der Waals surface area contributed by atoms with Crippen molar-refractivity contribution in [2.24, 2.45) is 0 Å². The van der Waals surface area contributed by atoms with Gasteiger partial charge in [0, 0.05) is 29.9 Å². The molecule has 8 heteroatoms. The maximum Gasteiger partial charge on any atom is 0.262 e. The van der Waals surface area contributed by atoms with E-state index in [1.165, 1.54) is 17.7 Å². The summed E-state index contributed by atoms with van der Waals surface area (Å²) in [7, 11) is -3.88. The van der Waals surface area contributed by atoms with E-state index in [1.54, 1.807) is 30.3 Å². The summed E-state index contributed by atoms with van der Waals surface area (Å²) in [4.78, 5) is 15.3. The van der Waals surface area contributed by atoms with Gasteiger partial charge in [-0.3, -0.25) is 9.52 Å². The summed E-state index contributed by atoms with van der Waals surface area (Å²) in [5.74, 6) is 0.809. The first-order chi connectivity index (χ1) is 16.4. The molecule has 0 bridgehead atoms. The van der Waals surface area contributed by atoms with Crippen LogP contribution in [-0.2, 0) is 16.6 Å². The highest BCUT2D eigenvalue weighted by Gasteiger charge is 2.33. The molecule has 5 rings (SSSR count). The van der Waals surface area contributed by atoms with E-state index >= 15 is 0 Å². The topological polar surface area (TPSA) is 84.9 Å². The van der Waals surface area contributed by atoms with Crippen LogP contribution in [0.3, 0.4) is 0 Å². The number of nitrogens with zero attached hydrogens (tertiary/aromatic N) is 1. The molecule has 2 aliphatic rings. The van der Waals surface area contributed by atoms with Crippen LogP contribution in [0.2, 0.25) is 0 Å². The minimum atomic E-state index is -3.88. The Balaban J connectivity index is 1.35. The number of carbonyl (C=O) groups excluding carboxylic acids is 1. The highest BCUT2D eigenvalue weighted by Crippen LogP contribution is 2.33. The lowest BCUT2D eigenvalue weighted by atomic mass is 10.1. The van der Waals surface area contributed by atoms with Gasteiger partial charge in [0.15, 0.2) is 11.5 Å². The van der Waals surface area contributed by atoms with Crippen LogP contribution in [0.5, 0.6) is 11.5 Å². The number of carbonyl (C=O) groups is 1. The van der Waals surface area contributed by atoms with E-state index < -0.39 is 10.0 Å². The number of hydrogen-bond donors (Lipinski definition) is 1. The maximum atomic E-state index is 13.4. The fourth-order valence-electron chi connectivity index (χ4n) is 3.93. The number of fused-ring (bicyclic) bond motifs is 1. The third-order valence-electron chi connectivity index (χ3n) is 5.91.